The third-order valence-corrected chi connectivity index (χ3v) is 4.23. The van der Waals surface area contributed by atoms with E-state index in [-0.39, 0.29) is 12.1 Å². The molecule has 1 N–H and O–H groups in total. The zero-order valence-corrected chi connectivity index (χ0v) is 14.0. The molecular weight excluding hydrogens is 392 g/mol. The molecule has 0 bridgehead atoms. The summed E-state index contributed by atoms with van der Waals surface area (Å²) in [6.07, 6.45) is -12.3. The Hall–Kier alpha value is -2.91. The minimum absolute atomic E-state index is 0.128. The second-order valence-corrected chi connectivity index (χ2v) is 6.08. The van der Waals surface area contributed by atoms with Crippen LogP contribution in [0.3, 0.4) is 0 Å². The van der Waals surface area contributed by atoms with Gasteiger partial charge in [-0.15, -0.1) is 13.2 Å². The van der Waals surface area contributed by atoms with Crippen LogP contribution in [0, 0.1) is 0 Å². The summed E-state index contributed by atoms with van der Waals surface area (Å²) in [6, 6.07) is 10.5. The monoisotopic (exact) mass is 405 g/mol. The van der Waals surface area contributed by atoms with E-state index < -0.39 is 42.0 Å². The molecule has 4 nitrogen and oxygen atoms in total. The van der Waals surface area contributed by atoms with E-state index in [0.29, 0.717) is 11.6 Å². The maximum absolute atomic E-state index is 14.1. The first-order chi connectivity index (χ1) is 13.0. The largest absolute Gasteiger partial charge is 0.573 e. The first kappa shape index (κ1) is 19.8. The highest BCUT2D eigenvalue weighted by Gasteiger charge is 2.61. The van der Waals surface area contributed by atoms with Crippen LogP contribution in [0.25, 0.3) is 0 Å². The quantitative estimate of drug-likeness (QED) is 0.680. The molecule has 2 aromatic carbocycles. The number of hydrogen-bond donors (Lipinski definition) is 1. The number of benzene rings is 2. The lowest BCUT2D eigenvalue weighted by molar-refractivity contribution is -0.275. The van der Waals surface area contributed by atoms with Gasteiger partial charge < -0.3 is 9.47 Å². The zero-order valence-electron chi connectivity index (χ0n) is 14.0. The Bertz CT molecular complexity index is 866. The van der Waals surface area contributed by atoms with Gasteiger partial charge in [0.05, 0.1) is 5.69 Å². The number of nitrogens with one attached hydrogen (secondary N) is 1. The van der Waals surface area contributed by atoms with Gasteiger partial charge >= 0.3 is 18.6 Å². The molecular formula is C18H13F6NO3. The van der Waals surface area contributed by atoms with E-state index >= 15 is 0 Å². The molecule has 0 aliphatic carbocycles. The summed E-state index contributed by atoms with van der Waals surface area (Å²) in [6.45, 7) is 0. The highest BCUT2D eigenvalue weighted by Crippen LogP contribution is 2.51. The van der Waals surface area contributed by atoms with Gasteiger partial charge in [0, 0.05) is 12.0 Å². The van der Waals surface area contributed by atoms with E-state index in [1.165, 1.54) is 0 Å². The summed E-state index contributed by atoms with van der Waals surface area (Å²) >= 11 is 0. The van der Waals surface area contributed by atoms with E-state index in [4.69, 9.17) is 0 Å². The molecule has 10 heteroatoms. The smallest absolute Gasteiger partial charge is 0.428 e. The Morgan fingerprint density at radius 3 is 2.29 bits per heavy atom. The van der Waals surface area contributed by atoms with Crippen LogP contribution >= 0.6 is 0 Å². The third-order valence-electron chi connectivity index (χ3n) is 4.23. The molecule has 1 unspecified atom stereocenters. The molecule has 0 saturated carbocycles. The van der Waals surface area contributed by atoms with Crippen molar-refractivity contribution in [2.45, 2.75) is 31.0 Å². The predicted octanol–water partition coefficient (Wildman–Crippen LogP) is 5.54. The van der Waals surface area contributed by atoms with Crippen molar-refractivity contribution in [3.63, 3.8) is 0 Å². The number of rotatable bonds is 4. The summed E-state index contributed by atoms with van der Waals surface area (Å²) in [5.74, 6) is -0.848. The number of alkyl halides is 6. The molecule has 0 aromatic heterocycles. The Balaban J connectivity index is 2.06. The van der Waals surface area contributed by atoms with Crippen molar-refractivity contribution in [3.05, 3.63) is 59.7 Å². The Morgan fingerprint density at radius 2 is 1.68 bits per heavy atom. The van der Waals surface area contributed by atoms with E-state index in [1.54, 1.807) is 30.3 Å². The van der Waals surface area contributed by atoms with Gasteiger partial charge in [-0.1, -0.05) is 30.3 Å². The standard InChI is InChI=1S/C18H13F6NO3/c19-17(20,21)16(9-8-11-4-2-1-3-5-11)13-10-12(27-18(22,23)24)6-7-14(13)25-15(26)28-16/h1-7,10H,8-9H2,(H,25,26). The van der Waals surface area contributed by atoms with Gasteiger partial charge in [-0.2, -0.15) is 13.2 Å². The summed E-state index contributed by atoms with van der Waals surface area (Å²) < 4.78 is 88.0. The molecule has 1 amide bonds. The first-order valence-electron chi connectivity index (χ1n) is 8.01. The van der Waals surface area contributed by atoms with Gasteiger partial charge in [-0.25, -0.2) is 4.79 Å². The van der Waals surface area contributed by atoms with E-state index in [9.17, 15) is 31.1 Å². The summed E-state index contributed by atoms with van der Waals surface area (Å²) in [5.41, 5.74) is -3.52. The number of fused-ring (bicyclic) bond motifs is 1. The summed E-state index contributed by atoms with van der Waals surface area (Å²) in [5, 5.41) is 2.08. The molecule has 1 heterocycles. The maximum atomic E-state index is 14.1. The average Bonchev–Trinajstić information content (AvgIpc) is 2.58. The number of anilines is 1. The summed E-state index contributed by atoms with van der Waals surface area (Å²) in [7, 11) is 0. The van der Waals surface area contributed by atoms with Crippen molar-refractivity contribution in [3.8, 4) is 5.75 Å². The number of halogens is 6. The lowest BCUT2D eigenvalue weighted by Crippen LogP contribution is -2.50. The van der Waals surface area contributed by atoms with Gasteiger partial charge in [-0.05, 0) is 30.2 Å². The van der Waals surface area contributed by atoms with Crippen LogP contribution in [0.2, 0.25) is 0 Å². The Morgan fingerprint density at radius 1 is 1.00 bits per heavy atom. The highest BCUT2D eigenvalue weighted by atomic mass is 19.4. The number of carbonyl (C=O) groups is 1. The lowest BCUT2D eigenvalue weighted by Gasteiger charge is -2.40. The van der Waals surface area contributed by atoms with Crippen molar-refractivity contribution in [2.75, 3.05) is 5.32 Å². The molecule has 28 heavy (non-hydrogen) atoms. The molecule has 2 aromatic rings. The number of hydrogen-bond acceptors (Lipinski definition) is 3. The predicted molar refractivity (Wildman–Crippen MR) is 85.7 cm³/mol. The number of aryl methyl sites for hydroxylation is 1. The van der Waals surface area contributed by atoms with Gasteiger partial charge in [-0.3, -0.25) is 5.32 Å². The number of cyclic esters (lactones) is 1. The van der Waals surface area contributed by atoms with Crippen molar-refractivity contribution in [1.29, 1.82) is 0 Å². The van der Waals surface area contributed by atoms with Crippen LogP contribution < -0.4 is 10.1 Å². The molecule has 0 saturated heterocycles. The van der Waals surface area contributed by atoms with Crippen LogP contribution in [0.5, 0.6) is 5.75 Å². The molecule has 1 aliphatic heterocycles. The van der Waals surface area contributed by atoms with E-state index in [1.807, 2.05) is 0 Å². The Labute approximate surface area is 155 Å². The SMILES string of the molecule is O=C1Nc2ccc(OC(F)(F)F)cc2C(CCc2ccccc2)(C(F)(F)F)O1. The van der Waals surface area contributed by atoms with Gasteiger partial charge in [0.15, 0.2) is 0 Å². The van der Waals surface area contributed by atoms with Crippen molar-refractivity contribution >= 4 is 11.8 Å². The third kappa shape index (κ3) is 4.00. The highest BCUT2D eigenvalue weighted by molar-refractivity contribution is 5.89. The topological polar surface area (TPSA) is 47.6 Å². The molecule has 0 fully saturated rings. The molecule has 0 spiro atoms. The molecule has 1 atom stereocenters. The van der Waals surface area contributed by atoms with Crippen LogP contribution in [-0.4, -0.2) is 18.6 Å². The average molecular weight is 405 g/mol. The van der Waals surface area contributed by atoms with Crippen molar-refractivity contribution in [1.82, 2.24) is 0 Å². The molecule has 1 aliphatic rings. The molecule has 150 valence electrons. The lowest BCUT2D eigenvalue weighted by atomic mass is 9.84. The molecule has 3 rings (SSSR count). The Kier molecular flexibility index (Phi) is 4.90. The number of ether oxygens (including phenoxy) is 2. The number of carbonyl (C=O) groups excluding carboxylic acids is 1. The van der Waals surface area contributed by atoms with E-state index in [2.05, 4.69) is 14.8 Å². The second-order valence-electron chi connectivity index (χ2n) is 6.08. The minimum Gasteiger partial charge on any atom is -0.428 e. The van der Waals surface area contributed by atoms with Crippen LogP contribution in [-0.2, 0) is 16.8 Å². The van der Waals surface area contributed by atoms with Crippen molar-refractivity contribution < 1.29 is 40.6 Å². The minimum atomic E-state index is -5.09. The van der Waals surface area contributed by atoms with Gasteiger partial charge in [0.25, 0.3) is 0 Å². The summed E-state index contributed by atoms with van der Waals surface area (Å²) in [4.78, 5) is 11.8. The normalized spacial score (nSPS) is 19.4. The van der Waals surface area contributed by atoms with E-state index in [0.717, 1.165) is 12.1 Å². The fraction of sp³-hybridized carbons (Fsp3) is 0.278. The zero-order chi connectivity index (χ0) is 20.6. The maximum Gasteiger partial charge on any atom is 0.573 e. The van der Waals surface area contributed by atoms with Gasteiger partial charge in [0.1, 0.15) is 5.75 Å². The molecule has 0 radical (unpaired) electrons. The van der Waals surface area contributed by atoms with Crippen molar-refractivity contribution in [2.24, 2.45) is 0 Å². The fourth-order valence-corrected chi connectivity index (χ4v) is 3.02. The van der Waals surface area contributed by atoms with Crippen LogP contribution in [0.1, 0.15) is 17.5 Å². The second kappa shape index (κ2) is 6.92. The van der Waals surface area contributed by atoms with Crippen LogP contribution in [0.15, 0.2) is 48.5 Å². The number of amides is 1. The first-order valence-corrected chi connectivity index (χ1v) is 8.01. The van der Waals surface area contributed by atoms with Crippen LogP contribution in [0.4, 0.5) is 36.8 Å². The van der Waals surface area contributed by atoms with Gasteiger partial charge in [0.2, 0.25) is 5.60 Å². The fourth-order valence-electron chi connectivity index (χ4n) is 3.02.